The van der Waals surface area contributed by atoms with Crippen molar-refractivity contribution in [1.82, 2.24) is 4.57 Å². The van der Waals surface area contributed by atoms with Crippen LogP contribution in [0.2, 0.25) is 0 Å². The van der Waals surface area contributed by atoms with E-state index in [1.54, 1.807) is 4.57 Å². The number of oxime groups is 1. The molecule has 0 fully saturated rings. The van der Waals surface area contributed by atoms with Crippen LogP contribution in [0, 0.1) is 0 Å². The lowest BCUT2D eigenvalue weighted by atomic mass is 9.92. The van der Waals surface area contributed by atoms with Crippen molar-refractivity contribution in [3.63, 3.8) is 0 Å². The highest BCUT2D eigenvalue weighted by Gasteiger charge is 2.33. The number of rotatable bonds is 3. The zero-order chi connectivity index (χ0) is 17.4. The Bertz CT molecular complexity index is 1010. The van der Waals surface area contributed by atoms with Gasteiger partial charge in [0.25, 0.3) is 5.56 Å². The minimum Gasteiger partial charge on any atom is -0.391 e. The second kappa shape index (κ2) is 6.37. The van der Waals surface area contributed by atoms with Crippen molar-refractivity contribution in [3.05, 3.63) is 82.3 Å². The Balaban J connectivity index is 1.91. The van der Waals surface area contributed by atoms with Crippen LogP contribution >= 0.6 is 11.6 Å². The van der Waals surface area contributed by atoms with Gasteiger partial charge in [-0.2, -0.15) is 0 Å². The predicted molar refractivity (Wildman–Crippen MR) is 100 cm³/mol. The number of aromatic nitrogens is 1. The van der Waals surface area contributed by atoms with E-state index < -0.39 is 0 Å². The molecule has 1 aliphatic heterocycles. The van der Waals surface area contributed by atoms with E-state index in [0.29, 0.717) is 17.1 Å². The van der Waals surface area contributed by atoms with Crippen molar-refractivity contribution in [2.75, 3.05) is 0 Å². The smallest absolute Gasteiger partial charge is 0.258 e. The third-order valence-corrected chi connectivity index (χ3v) is 4.89. The molecule has 0 spiro atoms. The van der Waals surface area contributed by atoms with Gasteiger partial charge in [0.05, 0.1) is 12.5 Å². The Hall–Kier alpha value is -2.59. The van der Waals surface area contributed by atoms with E-state index in [1.807, 2.05) is 67.7 Å². The molecule has 2 unspecified atom stereocenters. The van der Waals surface area contributed by atoms with Crippen LogP contribution in [-0.2, 0) is 11.4 Å². The molecule has 1 aromatic heterocycles. The van der Waals surface area contributed by atoms with Gasteiger partial charge < -0.3 is 9.40 Å². The highest BCUT2D eigenvalue weighted by atomic mass is 35.5. The zero-order valence-electron chi connectivity index (χ0n) is 13.7. The fourth-order valence-electron chi connectivity index (χ4n) is 3.34. The molecule has 4 nitrogen and oxygen atoms in total. The first-order valence-electron chi connectivity index (χ1n) is 8.20. The van der Waals surface area contributed by atoms with E-state index in [2.05, 4.69) is 5.16 Å². The SMILES string of the molecule is CC1ON=C(Cl)C1c1cn(Cc2ccccc2)c(=O)c2ccccc12. The van der Waals surface area contributed by atoms with Crippen molar-refractivity contribution in [3.8, 4) is 0 Å². The van der Waals surface area contributed by atoms with E-state index in [4.69, 9.17) is 16.4 Å². The summed E-state index contributed by atoms with van der Waals surface area (Å²) in [7, 11) is 0. The van der Waals surface area contributed by atoms with Gasteiger partial charge in [-0.3, -0.25) is 4.79 Å². The number of pyridine rings is 1. The van der Waals surface area contributed by atoms with Crippen LogP contribution in [0.5, 0.6) is 0 Å². The molecule has 2 heterocycles. The number of halogens is 1. The highest BCUT2D eigenvalue weighted by Crippen LogP contribution is 2.34. The molecule has 5 heteroatoms. The van der Waals surface area contributed by atoms with E-state index in [1.165, 1.54) is 0 Å². The van der Waals surface area contributed by atoms with Gasteiger partial charge in [0.2, 0.25) is 0 Å². The van der Waals surface area contributed by atoms with E-state index >= 15 is 0 Å². The first-order valence-corrected chi connectivity index (χ1v) is 8.58. The van der Waals surface area contributed by atoms with Crippen LogP contribution in [0.1, 0.15) is 24.0 Å². The molecule has 3 aromatic rings. The van der Waals surface area contributed by atoms with Crippen LogP contribution in [-0.4, -0.2) is 15.8 Å². The van der Waals surface area contributed by atoms with Gasteiger partial charge in [-0.1, -0.05) is 65.3 Å². The monoisotopic (exact) mass is 352 g/mol. The molecule has 126 valence electrons. The molecule has 0 saturated carbocycles. The summed E-state index contributed by atoms with van der Waals surface area (Å²) in [6, 6.07) is 17.5. The summed E-state index contributed by atoms with van der Waals surface area (Å²) in [6.07, 6.45) is 1.73. The van der Waals surface area contributed by atoms with Gasteiger partial charge in [0.15, 0.2) is 5.17 Å². The van der Waals surface area contributed by atoms with E-state index in [9.17, 15) is 4.79 Å². The van der Waals surface area contributed by atoms with Crippen molar-refractivity contribution in [2.45, 2.75) is 25.5 Å². The summed E-state index contributed by atoms with van der Waals surface area (Å²) in [5.41, 5.74) is 2.02. The standard InChI is InChI=1S/C20H17ClN2O2/c1-13-18(19(21)22-25-13)17-12-23(11-14-7-3-2-4-8-14)20(24)16-10-6-5-9-15(16)17/h2-10,12-13,18H,11H2,1H3. The number of hydrogen-bond acceptors (Lipinski definition) is 3. The van der Waals surface area contributed by atoms with Crippen LogP contribution in [0.15, 0.2) is 70.7 Å². The molecule has 2 aromatic carbocycles. The average Bonchev–Trinajstić information content (AvgIpc) is 2.97. The first kappa shape index (κ1) is 15.9. The third-order valence-electron chi connectivity index (χ3n) is 4.59. The minimum atomic E-state index is -0.172. The lowest BCUT2D eigenvalue weighted by Crippen LogP contribution is -2.24. The Labute approximate surface area is 150 Å². The number of fused-ring (bicyclic) bond motifs is 1. The van der Waals surface area contributed by atoms with Crippen molar-refractivity contribution < 1.29 is 4.84 Å². The lowest BCUT2D eigenvalue weighted by Gasteiger charge is -2.18. The maximum Gasteiger partial charge on any atom is 0.258 e. The normalized spacial score (nSPS) is 19.7. The molecular weight excluding hydrogens is 336 g/mol. The quantitative estimate of drug-likeness (QED) is 0.712. The van der Waals surface area contributed by atoms with Gasteiger partial charge in [0.1, 0.15) is 6.10 Å². The Morgan fingerprint density at radius 1 is 1.08 bits per heavy atom. The fraction of sp³-hybridized carbons (Fsp3) is 0.200. The van der Waals surface area contributed by atoms with Crippen molar-refractivity contribution in [1.29, 1.82) is 0 Å². The van der Waals surface area contributed by atoms with Gasteiger partial charge in [-0.15, -0.1) is 0 Å². The first-order chi connectivity index (χ1) is 12.1. The Morgan fingerprint density at radius 3 is 2.44 bits per heavy atom. The summed E-state index contributed by atoms with van der Waals surface area (Å²) in [4.78, 5) is 18.3. The maximum atomic E-state index is 12.9. The molecule has 0 radical (unpaired) electrons. The second-order valence-electron chi connectivity index (χ2n) is 6.25. The van der Waals surface area contributed by atoms with Gasteiger partial charge in [0, 0.05) is 11.6 Å². The summed E-state index contributed by atoms with van der Waals surface area (Å²) in [5, 5.41) is 5.91. The number of hydrogen-bond donors (Lipinski definition) is 0. The van der Waals surface area contributed by atoms with Crippen molar-refractivity contribution in [2.24, 2.45) is 5.16 Å². The van der Waals surface area contributed by atoms with Crippen LogP contribution in [0.4, 0.5) is 0 Å². The number of nitrogens with zero attached hydrogens (tertiary/aromatic N) is 2. The Kier molecular flexibility index (Phi) is 4.06. The van der Waals surface area contributed by atoms with Crippen LogP contribution in [0.3, 0.4) is 0 Å². The van der Waals surface area contributed by atoms with E-state index in [-0.39, 0.29) is 17.6 Å². The molecule has 4 rings (SSSR count). The minimum absolute atomic E-state index is 0.0113. The molecular formula is C20H17ClN2O2. The number of benzene rings is 2. The predicted octanol–water partition coefficient (Wildman–Crippen LogP) is 4.10. The zero-order valence-corrected chi connectivity index (χ0v) is 14.5. The van der Waals surface area contributed by atoms with Crippen LogP contribution < -0.4 is 5.56 Å². The molecule has 1 aliphatic rings. The molecule has 2 atom stereocenters. The highest BCUT2D eigenvalue weighted by molar-refractivity contribution is 6.66. The summed E-state index contributed by atoms with van der Waals surface area (Å²) >= 11 is 6.30. The fourth-order valence-corrected chi connectivity index (χ4v) is 3.68. The molecule has 25 heavy (non-hydrogen) atoms. The van der Waals surface area contributed by atoms with Crippen LogP contribution in [0.25, 0.3) is 10.8 Å². The maximum absolute atomic E-state index is 12.9. The van der Waals surface area contributed by atoms with Gasteiger partial charge >= 0.3 is 0 Å². The summed E-state index contributed by atoms with van der Waals surface area (Å²) < 4.78 is 1.74. The largest absolute Gasteiger partial charge is 0.391 e. The molecule has 0 bridgehead atoms. The molecule has 0 aliphatic carbocycles. The topological polar surface area (TPSA) is 43.6 Å². The second-order valence-corrected chi connectivity index (χ2v) is 6.64. The summed E-state index contributed by atoms with van der Waals surface area (Å²) in [6.45, 7) is 2.44. The average molecular weight is 353 g/mol. The van der Waals surface area contributed by atoms with E-state index in [0.717, 1.165) is 16.5 Å². The third kappa shape index (κ3) is 2.83. The van der Waals surface area contributed by atoms with Gasteiger partial charge in [-0.25, -0.2) is 0 Å². The molecule has 0 amide bonds. The molecule has 0 saturated heterocycles. The van der Waals surface area contributed by atoms with Crippen molar-refractivity contribution >= 4 is 27.5 Å². The summed E-state index contributed by atoms with van der Waals surface area (Å²) in [5.74, 6) is -0.172. The lowest BCUT2D eigenvalue weighted by molar-refractivity contribution is 0.0906. The Morgan fingerprint density at radius 2 is 1.76 bits per heavy atom. The van der Waals surface area contributed by atoms with Gasteiger partial charge in [-0.05, 0) is 29.5 Å². The molecule has 0 N–H and O–H groups in total.